The van der Waals surface area contributed by atoms with Gasteiger partial charge in [0.05, 0.1) is 19.2 Å². The highest BCUT2D eigenvalue weighted by atomic mass is 79.9. The van der Waals surface area contributed by atoms with Crippen molar-refractivity contribution in [1.82, 2.24) is 10.3 Å². The first-order valence-corrected chi connectivity index (χ1v) is 11.0. The lowest BCUT2D eigenvalue weighted by Crippen LogP contribution is -2.24. The molecule has 0 atom stereocenters. The highest BCUT2D eigenvalue weighted by molar-refractivity contribution is 9.10. The molecular formula is C20H19BrN2O2S2. The van der Waals surface area contributed by atoms with Crippen molar-refractivity contribution in [1.29, 1.82) is 0 Å². The third-order valence-corrected chi connectivity index (χ3v) is 6.44. The summed E-state index contributed by atoms with van der Waals surface area (Å²) in [5.41, 5.74) is 3.06. The molecule has 7 heteroatoms. The molecule has 3 aromatic rings. The summed E-state index contributed by atoms with van der Waals surface area (Å²) < 4.78 is 7.25. The number of ether oxygens (including phenoxy) is 1. The van der Waals surface area contributed by atoms with Gasteiger partial charge in [0.2, 0.25) is 5.91 Å². The number of aromatic nitrogens is 1. The van der Waals surface area contributed by atoms with Gasteiger partial charge in [-0.15, -0.1) is 11.3 Å². The van der Waals surface area contributed by atoms with E-state index in [0.717, 1.165) is 31.6 Å². The standard InChI is InChI=1S/C20H19BrN2O2S2/c1-25-18-4-2-3-15(9-18)11-22-19(24)10-17-13-27-20(23-17)26-12-14-5-7-16(21)8-6-14/h2-9,13H,10-12H2,1H3,(H,22,24). The maximum Gasteiger partial charge on any atom is 0.226 e. The van der Waals surface area contributed by atoms with Crippen LogP contribution in [0.5, 0.6) is 5.75 Å². The van der Waals surface area contributed by atoms with Crippen LogP contribution in [0.3, 0.4) is 0 Å². The van der Waals surface area contributed by atoms with Crippen LogP contribution in [0.15, 0.2) is 62.7 Å². The molecule has 0 unspecified atom stereocenters. The van der Waals surface area contributed by atoms with Crippen molar-refractivity contribution in [2.75, 3.05) is 7.11 Å². The van der Waals surface area contributed by atoms with Crippen molar-refractivity contribution in [3.05, 3.63) is 75.2 Å². The molecule has 0 spiro atoms. The lowest BCUT2D eigenvalue weighted by molar-refractivity contribution is -0.120. The van der Waals surface area contributed by atoms with E-state index in [0.29, 0.717) is 13.0 Å². The number of thioether (sulfide) groups is 1. The molecule has 0 saturated heterocycles. The van der Waals surface area contributed by atoms with Crippen LogP contribution in [-0.2, 0) is 23.5 Å². The smallest absolute Gasteiger partial charge is 0.226 e. The Kier molecular flexibility index (Phi) is 7.32. The van der Waals surface area contributed by atoms with E-state index in [1.165, 1.54) is 5.56 Å². The summed E-state index contributed by atoms with van der Waals surface area (Å²) in [5.74, 6) is 1.61. The molecule has 4 nitrogen and oxygen atoms in total. The van der Waals surface area contributed by atoms with Gasteiger partial charge in [0.15, 0.2) is 0 Å². The van der Waals surface area contributed by atoms with Gasteiger partial charge in [-0.25, -0.2) is 4.98 Å². The van der Waals surface area contributed by atoms with Crippen molar-refractivity contribution >= 4 is 44.9 Å². The average Bonchev–Trinajstić information content (AvgIpc) is 3.13. The molecule has 1 aromatic heterocycles. The largest absolute Gasteiger partial charge is 0.497 e. The molecule has 3 rings (SSSR count). The van der Waals surface area contributed by atoms with Crippen LogP contribution in [0.1, 0.15) is 16.8 Å². The van der Waals surface area contributed by atoms with E-state index in [2.05, 4.69) is 38.4 Å². The Hall–Kier alpha value is -1.83. The summed E-state index contributed by atoms with van der Waals surface area (Å²) in [5, 5.41) is 4.88. The Balaban J connectivity index is 1.46. The number of nitrogens with one attached hydrogen (secondary N) is 1. The number of hydrogen-bond acceptors (Lipinski definition) is 5. The first kappa shape index (κ1) is 19.9. The van der Waals surface area contributed by atoms with Crippen LogP contribution in [0.25, 0.3) is 0 Å². The maximum atomic E-state index is 12.2. The first-order chi connectivity index (χ1) is 13.1. The SMILES string of the molecule is COc1cccc(CNC(=O)Cc2csc(SCc3ccc(Br)cc3)n2)c1. The Morgan fingerprint density at radius 1 is 1.22 bits per heavy atom. The molecule has 2 aromatic carbocycles. The normalized spacial score (nSPS) is 10.6. The molecule has 1 heterocycles. The molecule has 0 aliphatic heterocycles. The third kappa shape index (κ3) is 6.37. The van der Waals surface area contributed by atoms with Crippen molar-refractivity contribution in [3.63, 3.8) is 0 Å². The van der Waals surface area contributed by atoms with E-state index in [-0.39, 0.29) is 5.91 Å². The quantitative estimate of drug-likeness (QED) is 0.475. The highest BCUT2D eigenvalue weighted by Crippen LogP contribution is 2.27. The number of amides is 1. The lowest BCUT2D eigenvalue weighted by Gasteiger charge is -2.06. The van der Waals surface area contributed by atoms with Gasteiger partial charge in [-0.1, -0.05) is 52.0 Å². The zero-order valence-electron chi connectivity index (χ0n) is 14.8. The Morgan fingerprint density at radius 3 is 2.81 bits per heavy atom. The average molecular weight is 463 g/mol. The number of hydrogen-bond donors (Lipinski definition) is 1. The number of methoxy groups -OCH3 is 1. The van der Waals surface area contributed by atoms with Gasteiger partial charge < -0.3 is 10.1 Å². The third-order valence-electron chi connectivity index (χ3n) is 3.77. The van der Waals surface area contributed by atoms with Crippen LogP contribution in [0.4, 0.5) is 0 Å². The van der Waals surface area contributed by atoms with Crippen molar-refractivity contribution < 1.29 is 9.53 Å². The molecular weight excluding hydrogens is 444 g/mol. The minimum Gasteiger partial charge on any atom is -0.497 e. The van der Waals surface area contributed by atoms with Gasteiger partial charge >= 0.3 is 0 Å². The van der Waals surface area contributed by atoms with Gasteiger partial charge in [-0.05, 0) is 35.4 Å². The molecule has 0 fully saturated rings. The molecule has 0 radical (unpaired) electrons. The minimum absolute atomic E-state index is 0.0346. The molecule has 1 N–H and O–H groups in total. The predicted molar refractivity (Wildman–Crippen MR) is 114 cm³/mol. The summed E-state index contributed by atoms with van der Waals surface area (Å²) in [7, 11) is 1.63. The van der Waals surface area contributed by atoms with Crippen molar-refractivity contribution in [3.8, 4) is 5.75 Å². The fraction of sp³-hybridized carbons (Fsp3) is 0.200. The van der Waals surface area contributed by atoms with E-state index in [9.17, 15) is 4.79 Å². The van der Waals surface area contributed by atoms with Gasteiger partial charge in [-0.2, -0.15) is 0 Å². The second-order valence-corrected chi connectivity index (χ2v) is 8.82. The van der Waals surface area contributed by atoms with Crippen molar-refractivity contribution in [2.45, 2.75) is 23.1 Å². The number of nitrogens with zero attached hydrogens (tertiary/aromatic N) is 1. The minimum atomic E-state index is -0.0346. The van der Waals surface area contributed by atoms with Gasteiger partial charge in [0.1, 0.15) is 10.1 Å². The summed E-state index contributed by atoms with van der Waals surface area (Å²) in [6.45, 7) is 0.478. The van der Waals surface area contributed by atoms with Crippen LogP contribution >= 0.6 is 39.0 Å². The van der Waals surface area contributed by atoms with E-state index in [4.69, 9.17) is 4.74 Å². The first-order valence-electron chi connectivity index (χ1n) is 8.33. The van der Waals surface area contributed by atoms with Gasteiger partial charge in [0.25, 0.3) is 0 Å². The predicted octanol–water partition coefficient (Wildman–Crippen LogP) is 5.07. The topological polar surface area (TPSA) is 51.2 Å². The Bertz CT molecular complexity index is 897. The molecule has 140 valence electrons. The highest BCUT2D eigenvalue weighted by Gasteiger charge is 2.09. The van der Waals surface area contributed by atoms with Crippen LogP contribution in [-0.4, -0.2) is 18.0 Å². The zero-order valence-corrected chi connectivity index (χ0v) is 18.0. The molecule has 1 amide bonds. The van der Waals surface area contributed by atoms with E-state index in [1.807, 2.05) is 41.8 Å². The van der Waals surface area contributed by atoms with Gasteiger partial charge in [0, 0.05) is 22.2 Å². The van der Waals surface area contributed by atoms with E-state index >= 15 is 0 Å². The van der Waals surface area contributed by atoms with Gasteiger partial charge in [-0.3, -0.25) is 4.79 Å². The maximum absolute atomic E-state index is 12.2. The number of carbonyl (C=O) groups excluding carboxylic acids is 1. The summed E-state index contributed by atoms with van der Waals surface area (Å²) >= 11 is 6.71. The second-order valence-electron chi connectivity index (χ2n) is 5.82. The summed E-state index contributed by atoms with van der Waals surface area (Å²) in [6.07, 6.45) is 0.291. The zero-order chi connectivity index (χ0) is 19.1. The number of rotatable bonds is 8. The number of carbonyl (C=O) groups is 1. The monoisotopic (exact) mass is 462 g/mol. The van der Waals surface area contributed by atoms with Crippen LogP contribution in [0, 0.1) is 0 Å². The second kappa shape index (κ2) is 9.92. The molecule has 0 bridgehead atoms. The Morgan fingerprint density at radius 2 is 2.04 bits per heavy atom. The summed E-state index contributed by atoms with van der Waals surface area (Å²) in [4.78, 5) is 16.7. The van der Waals surface area contributed by atoms with E-state index < -0.39 is 0 Å². The number of thiazole rings is 1. The fourth-order valence-electron chi connectivity index (χ4n) is 2.37. The fourth-order valence-corrected chi connectivity index (χ4v) is 4.44. The number of halogens is 1. The number of benzene rings is 2. The van der Waals surface area contributed by atoms with Crippen LogP contribution < -0.4 is 10.1 Å². The van der Waals surface area contributed by atoms with Crippen molar-refractivity contribution in [2.24, 2.45) is 0 Å². The molecule has 0 aliphatic carbocycles. The lowest BCUT2D eigenvalue weighted by atomic mass is 10.2. The molecule has 0 saturated carbocycles. The summed E-state index contributed by atoms with van der Waals surface area (Å²) in [6, 6.07) is 15.9. The molecule has 0 aliphatic rings. The van der Waals surface area contributed by atoms with E-state index in [1.54, 1.807) is 30.2 Å². The Labute approximate surface area is 175 Å². The molecule has 27 heavy (non-hydrogen) atoms. The van der Waals surface area contributed by atoms with Crippen LogP contribution in [0.2, 0.25) is 0 Å².